The Labute approximate surface area is 124 Å². The standard InChI is InChI=1S/C15H14BrNO3/c16-11-5-3-4-10(8-11)9-17-13-7-2-1-6-12(13)14(18)20-15(17)19/h3-5,8H,1-2,6-7,9H2. The molecule has 3 rings (SSSR count). The lowest BCUT2D eigenvalue weighted by Gasteiger charge is -2.18. The Morgan fingerprint density at radius 1 is 1.20 bits per heavy atom. The fourth-order valence-corrected chi connectivity index (χ4v) is 3.14. The number of fused-ring (bicyclic) bond motifs is 1. The topological polar surface area (TPSA) is 52.2 Å². The molecule has 4 nitrogen and oxygen atoms in total. The molecule has 0 spiro atoms. The van der Waals surface area contributed by atoms with E-state index in [1.54, 1.807) is 4.57 Å². The van der Waals surface area contributed by atoms with E-state index in [0.717, 1.165) is 35.0 Å². The molecule has 0 aliphatic heterocycles. The molecule has 0 saturated carbocycles. The molecule has 1 aliphatic carbocycles. The Balaban J connectivity index is 2.10. The molecule has 20 heavy (non-hydrogen) atoms. The Morgan fingerprint density at radius 3 is 2.80 bits per heavy atom. The molecule has 1 aromatic heterocycles. The zero-order valence-corrected chi connectivity index (χ0v) is 12.5. The summed E-state index contributed by atoms with van der Waals surface area (Å²) in [6.45, 7) is 0.435. The van der Waals surface area contributed by atoms with Crippen molar-refractivity contribution in [2.45, 2.75) is 32.2 Å². The second-order valence-corrected chi connectivity index (χ2v) is 5.92. The van der Waals surface area contributed by atoms with Crippen LogP contribution in [-0.4, -0.2) is 4.57 Å². The van der Waals surface area contributed by atoms with Crippen molar-refractivity contribution in [3.05, 3.63) is 66.5 Å². The third kappa shape index (κ3) is 2.50. The van der Waals surface area contributed by atoms with Crippen LogP contribution >= 0.6 is 15.9 Å². The lowest BCUT2D eigenvalue weighted by molar-refractivity contribution is 0.383. The van der Waals surface area contributed by atoms with Crippen molar-refractivity contribution in [2.24, 2.45) is 0 Å². The van der Waals surface area contributed by atoms with Crippen molar-refractivity contribution < 1.29 is 4.42 Å². The quantitative estimate of drug-likeness (QED) is 0.847. The van der Waals surface area contributed by atoms with Crippen LogP contribution in [-0.2, 0) is 19.4 Å². The minimum Gasteiger partial charge on any atom is -0.372 e. The average Bonchev–Trinajstić information content (AvgIpc) is 2.43. The van der Waals surface area contributed by atoms with E-state index in [4.69, 9.17) is 4.42 Å². The fraction of sp³-hybridized carbons (Fsp3) is 0.333. The van der Waals surface area contributed by atoms with Crippen LogP contribution in [0.15, 0.2) is 42.7 Å². The Hall–Kier alpha value is -1.62. The number of hydrogen-bond acceptors (Lipinski definition) is 3. The van der Waals surface area contributed by atoms with Gasteiger partial charge in [-0.3, -0.25) is 4.57 Å². The number of rotatable bonds is 2. The van der Waals surface area contributed by atoms with Gasteiger partial charge in [0.2, 0.25) is 0 Å². The van der Waals surface area contributed by atoms with Crippen LogP contribution in [0.25, 0.3) is 0 Å². The monoisotopic (exact) mass is 335 g/mol. The Kier molecular flexibility index (Phi) is 3.61. The Bertz CT molecular complexity index is 760. The summed E-state index contributed by atoms with van der Waals surface area (Å²) in [5, 5.41) is 0. The first-order chi connectivity index (χ1) is 9.65. The van der Waals surface area contributed by atoms with Crippen LogP contribution in [0.2, 0.25) is 0 Å². The van der Waals surface area contributed by atoms with Gasteiger partial charge in [-0.1, -0.05) is 28.1 Å². The number of hydrogen-bond donors (Lipinski definition) is 0. The molecule has 0 radical (unpaired) electrons. The summed E-state index contributed by atoms with van der Waals surface area (Å²) >= 11 is 3.42. The molecule has 2 aromatic rings. The van der Waals surface area contributed by atoms with Crippen molar-refractivity contribution in [3.63, 3.8) is 0 Å². The summed E-state index contributed by atoms with van der Waals surface area (Å²) in [6.07, 6.45) is 3.46. The highest BCUT2D eigenvalue weighted by molar-refractivity contribution is 9.10. The largest absolute Gasteiger partial charge is 0.422 e. The molecule has 0 saturated heterocycles. The molecular formula is C15H14BrNO3. The molecular weight excluding hydrogens is 322 g/mol. The highest BCUT2D eigenvalue weighted by atomic mass is 79.9. The smallest absolute Gasteiger partial charge is 0.372 e. The second kappa shape index (κ2) is 5.40. The second-order valence-electron chi connectivity index (χ2n) is 5.00. The van der Waals surface area contributed by atoms with Crippen LogP contribution < -0.4 is 11.4 Å². The van der Waals surface area contributed by atoms with Crippen LogP contribution in [0, 0.1) is 0 Å². The van der Waals surface area contributed by atoms with E-state index >= 15 is 0 Å². The number of halogens is 1. The molecule has 1 aliphatic rings. The van der Waals surface area contributed by atoms with Crippen molar-refractivity contribution in [3.8, 4) is 0 Å². The Morgan fingerprint density at radius 2 is 2.00 bits per heavy atom. The van der Waals surface area contributed by atoms with E-state index in [0.29, 0.717) is 18.5 Å². The van der Waals surface area contributed by atoms with Gasteiger partial charge < -0.3 is 4.42 Å². The summed E-state index contributed by atoms with van der Waals surface area (Å²) in [5.74, 6) is -0.560. The van der Waals surface area contributed by atoms with Gasteiger partial charge in [0.15, 0.2) is 0 Å². The van der Waals surface area contributed by atoms with E-state index in [1.165, 1.54) is 0 Å². The SMILES string of the molecule is O=c1oc(=O)n(Cc2cccc(Br)c2)c2c1CCCC2. The first-order valence-electron chi connectivity index (χ1n) is 6.65. The molecule has 0 bridgehead atoms. The minimum absolute atomic E-state index is 0.435. The maximum atomic E-state index is 12.0. The van der Waals surface area contributed by atoms with Gasteiger partial charge in [0, 0.05) is 10.2 Å². The number of aromatic nitrogens is 1. The van der Waals surface area contributed by atoms with Crippen molar-refractivity contribution in [1.82, 2.24) is 4.57 Å². The number of nitrogens with zero attached hydrogens (tertiary/aromatic N) is 1. The summed E-state index contributed by atoms with van der Waals surface area (Å²) in [7, 11) is 0. The van der Waals surface area contributed by atoms with E-state index in [-0.39, 0.29) is 0 Å². The molecule has 0 unspecified atom stereocenters. The highest BCUT2D eigenvalue weighted by Crippen LogP contribution is 2.18. The predicted molar refractivity (Wildman–Crippen MR) is 79.1 cm³/mol. The lowest BCUT2D eigenvalue weighted by atomic mass is 9.97. The normalized spacial score (nSPS) is 14.1. The molecule has 1 aromatic carbocycles. The van der Waals surface area contributed by atoms with Crippen molar-refractivity contribution in [2.75, 3.05) is 0 Å². The summed E-state index contributed by atoms with van der Waals surface area (Å²) in [4.78, 5) is 23.7. The van der Waals surface area contributed by atoms with Crippen LogP contribution in [0.5, 0.6) is 0 Å². The molecule has 5 heteroatoms. The number of benzene rings is 1. The third-order valence-corrected chi connectivity index (χ3v) is 4.13. The van der Waals surface area contributed by atoms with E-state index in [2.05, 4.69) is 15.9 Å². The highest BCUT2D eigenvalue weighted by Gasteiger charge is 2.19. The summed E-state index contributed by atoms with van der Waals surface area (Å²) in [6, 6.07) is 7.78. The van der Waals surface area contributed by atoms with Gasteiger partial charge in [0.1, 0.15) is 0 Å². The van der Waals surface area contributed by atoms with Crippen LogP contribution in [0.4, 0.5) is 0 Å². The van der Waals surface area contributed by atoms with Gasteiger partial charge in [-0.05, 0) is 43.4 Å². The summed E-state index contributed by atoms with van der Waals surface area (Å²) < 4.78 is 7.41. The van der Waals surface area contributed by atoms with Crippen molar-refractivity contribution in [1.29, 1.82) is 0 Å². The maximum absolute atomic E-state index is 12.0. The molecule has 0 amide bonds. The lowest BCUT2D eigenvalue weighted by Crippen LogP contribution is -2.32. The van der Waals surface area contributed by atoms with Crippen LogP contribution in [0.1, 0.15) is 29.7 Å². The first kappa shape index (κ1) is 13.4. The van der Waals surface area contributed by atoms with Gasteiger partial charge in [0.25, 0.3) is 0 Å². The van der Waals surface area contributed by atoms with Gasteiger partial charge in [0.05, 0.1) is 12.1 Å². The van der Waals surface area contributed by atoms with Gasteiger partial charge >= 0.3 is 11.4 Å². The maximum Gasteiger partial charge on any atom is 0.422 e. The molecule has 104 valence electrons. The molecule has 0 atom stereocenters. The van der Waals surface area contributed by atoms with E-state index in [9.17, 15) is 9.59 Å². The minimum atomic E-state index is -0.560. The van der Waals surface area contributed by atoms with Gasteiger partial charge in [-0.25, -0.2) is 9.59 Å². The average molecular weight is 336 g/mol. The first-order valence-corrected chi connectivity index (χ1v) is 7.44. The summed E-state index contributed by atoms with van der Waals surface area (Å²) in [5.41, 5.74) is 2.06. The van der Waals surface area contributed by atoms with Gasteiger partial charge in [-0.2, -0.15) is 0 Å². The molecule has 0 N–H and O–H groups in total. The fourth-order valence-electron chi connectivity index (χ4n) is 2.69. The molecule has 1 heterocycles. The zero-order valence-electron chi connectivity index (χ0n) is 10.9. The van der Waals surface area contributed by atoms with E-state index in [1.807, 2.05) is 24.3 Å². The van der Waals surface area contributed by atoms with Crippen LogP contribution in [0.3, 0.4) is 0 Å². The zero-order chi connectivity index (χ0) is 14.1. The van der Waals surface area contributed by atoms with E-state index < -0.39 is 11.4 Å². The van der Waals surface area contributed by atoms with Crippen molar-refractivity contribution >= 4 is 15.9 Å². The molecule has 0 fully saturated rings. The van der Waals surface area contributed by atoms with Gasteiger partial charge in [-0.15, -0.1) is 0 Å². The third-order valence-electron chi connectivity index (χ3n) is 3.64. The predicted octanol–water partition coefficient (Wildman–Crippen LogP) is 2.49.